The SMILES string of the molecule is COP(=O)(OC)C(O)[C@H](CC1CCCCC1)NC(=O)[C@H](Cc1c[nH]cn1)NC(=O)[C@H](Cc1ccccc1)NC(=O)N1CCOCC1. The van der Waals surface area contributed by atoms with Crippen LogP contribution in [0.1, 0.15) is 49.8 Å². The summed E-state index contributed by atoms with van der Waals surface area (Å²) in [5, 5.41) is 19.7. The maximum Gasteiger partial charge on any atom is 0.360 e. The molecule has 4 rings (SSSR count). The van der Waals surface area contributed by atoms with Crippen molar-refractivity contribution in [2.45, 2.75) is 75.3 Å². The van der Waals surface area contributed by atoms with Gasteiger partial charge in [-0.2, -0.15) is 0 Å². The monoisotopic (exact) mass is 662 g/mol. The van der Waals surface area contributed by atoms with Gasteiger partial charge in [0, 0.05) is 46.3 Å². The fourth-order valence-corrected chi connectivity index (χ4v) is 7.21. The number of nitrogens with zero attached hydrogens (tertiary/aromatic N) is 2. The van der Waals surface area contributed by atoms with Gasteiger partial charge in [0.1, 0.15) is 12.1 Å². The van der Waals surface area contributed by atoms with Gasteiger partial charge in [-0.25, -0.2) is 9.78 Å². The van der Waals surface area contributed by atoms with Gasteiger partial charge in [0.05, 0.1) is 31.3 Å². The van der Waals surface area contributed by atoms with Gasteiger partial charge in [-0.05, 0) is 17.9 Å². The van der Waals surface area contributed by atoms with E-state index in [0.29, 0.717) is 38.4 Å². The number of H-pyrrole nitrogens is 1. The Morgan fingerprint density at radius 2 is 1.65 bits per heavy atom. The van der Waals surface area contributed by atoms with Crippen LogP contribution in [0.2, 0.25) is 0 Å². The zero-order chi connectivity index (χ0) is 32.9. The molecule has 46 heavy (non-hydrogen) atoms. The van der Waals surface area contributed by atoms with E-state index in [1.54, 1.807) is 11.1 Å². The molecule has 1 aromatic carbocycles. The molecule has 254 valence electrons. The van der Waals surface area contributed by atoms with Gasteiger partial charge in [0.15, 0.2) is 5.85 Å². The van der Waals surface area contributed by atoms with Crippen LogP contribution < -0.4 is 16.0 Å². The number of nitrogens with one attached hydrogen (secondary N) is 4. The molecule has 2 aromatic rings. The Labute approximate surface area is 269 Å². The molecule has 2 fully saturated rings. The molecule has 1 aliphatic heterocycles. The number of hydrogen-bond acceptors (Lipinski definition) is 9. The van der Waals surface area contributed by atoms with Crippen LogP contribution >= 0.6 is 7.60 Å². The van der Waals surface area contributed by atoms with Crippen molar-refractivity contribution in [3.63, 3.8) is 0 Å². The number of aliphatic hydroxyl groups excluding tert-OH is 1. The number of carbonyl (C=O) groups is 3. The molecule has 2 heterocycles. The molecule has 1 aliphatic carbocycles. The maximum atomic E-state index is 14.0. The van der Waals surface area contributed by atoms with Crippen molar-refractivity contribution in [2.75, 3.05) is 40.5 Å². The minimum Gasteiger partial charge on any atom is -0.379 e. The van der Waals surface area contributed by atoms with Gasteiger partial charge in [-0.15, -0.1) is 0 Å². The van der Waals surface area contributed by atoms with Crippen molar-refractivity contribution >= 4 is 25.4 Å². The number of ether oxygens (including phenoxy) is 1. The topological polar surface area (TPSA) is 184 Å². The van der Waals surface area contributed by atoms with Crippen molar-refractivity contribution in [3.8, 4) is 0 Å². The smallest absolute Gasteiger partial charge is 0.360 e. The zero-order valence-corrected chi connectivity index (χ0v) is 27.5. The summed E-state index contributed by atoms with van der Waals surface area (Å²) in [6, 6.07) is 5.75. The fourth-order valence-electron chi connectivity index (χ4n) is 5.99. The zero-order valence-electron chi connectivity index (χ0n) is 26.6. The van der Waals surface area contributed by atoms with E-state index in [-0.39, 0.29) is 18.8 Å². The number of amides is 4. The first-order valence-corrected chi connectivity index (χ1v) is 17.5. The number of aromatic amines is 1. The van der Waals surface area contributed by atoms with E-state index in [2.05, 4.69) is 25.9 Å². The molecule has 1 saturated heterocycles. The normalized spacial score (nSPS) is 18.6. The Bertz CT molecular complexity index is 1280. The molecule has 0 bridgehead atoms. The number of urea groups is 1. The van der Waals surface area contributed by atoms with Crippen LogP contribution in [-0.2, 0) is 40.8 Å². The second-order valence-corrected chi connectivity index (χ2v) is 14.1. The Balaban J connectivity index is 1.56. The van der Waals surface area contributed by atoms with Crippen molar-refractivity contribution in [3.05, 3.63) is 54.1 Å². The number of aromatic nitrogens is 2. The average molecular weight is 663 g/mol. The minimum absolute atomic E-state index is 0.0228. The summed E-state index contributed by atoms with van der Waals surface area (Å²) < 4.78 is 28.8. The molecule has 1 saturated carbocycles. The van der Waals surface area contributed by atoms with Crippen LogP contribution in [0.5, 0.6) is 0 Å². The standard InChI is InChI=1S/C31H47N6O8P/c1-43-46(42,44-2)30(40)27(18-23-11-7-4-8-12-23)35-29(39)26(19-24-20-32-21-33-24)34-28(38)25(17-22-9-5-3-6-10-22)36-31(41)37-13-15-45-16-14-37/h3,5-6,9-10,20-21,23,25-27,30,40H,4,7-8,11-19H2,1-2H3,(H,32,33)(H,34,38)(H,35,39)(H,36,41)/t25-,26-,27-,30?/m0/s1. The van der Waals surface area contributed by atoms with E-state index in [1.165, 1.54) is 20.5 Å². The van der Waals surface area contributed by atoms with Gasteiger partial charge >= 0.3 is 13.6 Å². The van der Waals surface area contributed by atoms with Crippen molar-refractivity contribution in [2.24, 2.45) is 5.92 Å². The van der Waals surface area contributed by atoms with Gasteiger partial charge in [0.2, 0.25) is 11.8 Å². The molecule has 5 N–H and O–H groups in total. The second kappa shape index (κ2) is 17.6. The summed E-state index contributed by atoms with van der Waals surface area (Å²) in [6.45, 7) is 1.60. The number of imidazole rings is 1. The van der Waals surface area contributed by atoms with E-state index in [4.69, 9.17) is 13.8 Å². The second-order valence-electron chi connectivity index (χ2n) is 11.8. The van der Waals surface area contributed by atoms with Crippen LogP contribution in [0.25, 0.3) is 0 Å². The van der Waals surface area contributed by atoms with Crippen molar-refractivity contribution in [1.82, 2.24) is 30.8 Å². The lowest BCUT2D eigenvalue weighted by Gasteiger charge is -2.33. The highest BCUT2D eigenvalue weighted by Gasteiger charge is 2.41. The first-order valence-electron chi connectivity index (χ1n) is 15.9. The van der Waals surface area contributed by atoms with Crippen LogP contribution in [0.4, 0.5) is 4.79 Å². The van der Waals surface area contributed by atoms with Gasteiger partial charge in [-0.1, -0.05) is 62.4 Å². The summed E-state index contributed by atoms with van der Waals surface area (Å²) in [4.78, 5) is 49.7. The number of aliphatic hydroxyl groups is 1. The highest BCUT2D eigenvalue weighted by Crippen LogP contribution is 2.52. The Hall–Kier alpha value is -3.29. The van der Waals surface area contributed by atoms with E-state index >= 15 is 0 Å². The summed E-state index contributed by atoms with van der Waals surface area (Å²) in [6.07, 6.45) is 8.68. The van der Waals surface area contributed by atoms with Crippen LogP contribution in [0.3, 0.4) is 0 Å². The van der Waals surface area contributed by atoms with Crippen molar-refractivity contribution < 1.29 is 37.8 Å². The van der Waals surface area contributed by atoms with Crippen LogP contribution in [0.15, 0.2) is 42.9 Å². The molecule has 1 unspecified atom stereocenters. The Morgan fingerprint density at radius 1 is 1.00 bits per heavy atom. The van der Waals surface area contributed by atoms with E-state index in [1.807, 2.05) is 30.3 Å². The lowest BCUT2D eigenvalue weighted by atomic mass is 9.85. The lowest BCUT2D eigenvalue weighted by Crippen LogP contribution is -2.59. The number of rotatable bonds is 15. The Morgan fingerprint density at radius 3 is 2.28 bits per heavy atom. The minimum atomic E-state index is -3.98. The molecular weight excluding hydrogens is 615 g/mol. The average Bonchev–Trinajstić information content (AvgIpc) is 3.61. The molecule has 0 spiro atoms. The number of hydrogen-bond donors (Lipinski definition) is 5. The summed E-state index contributed by atoms with van der Waals surface area (Å²) >= 11 is 0. The third kappa shape index (κ3) is 10.1. The van der Waals surface area contributed by atoms with E-state index in [0.717, 1.165) is 37.7 Å². The quantitative estimate of drug-likeness (QED) is 0.179. The van der Waals surface area contributed by atoms with Crippen molar-refractivity contribution in [1.29, 1.82) is 0 Å². The first kappa shape index (κ1) is 35.6. The summed E-state index contributed by atoms with van der Waals surface area (Å²) in [5.41, 5.74) is 1.34. The first-order chi connectivity index (χ1) is 22.2. The van der Waals surface area contributed by atoms with Gasteiger partial charge in [-0.3, -0.25) is 14.2 Å². The predicted octanol–water partition coefficient (Wildman–Crippen LogP) is 2.35. The largest absolute Gasteiger partial charge is 0.379 e. The molecule has 4 amide bonds. The van der Waals surface area contributed by atoms with Gasteiger partial charge in [0.25, 0.3) is 0 Å². The highest BCUT2D eigenvalue weighted by atomic mass is 31.2. The maximum absolute atomic E-state index is 14.0. The molecule has 4 atom stereocenters. The highest BCUT2D eigenvalue weighted by molar-refractivity contribution is 7.54. The van der Waals surface area contributed by atoms with Crippen LogP contribution in [0, 0.1) is 5.92 Å². The third-order valence-electron chi connectivity index (χ3n) is 8.63. The third-order valence-corrected chi connectivity index (χ3v) is 10.7. The lowest BCUT2D eigenvalue weighted by molar-refractivity contribution is -0.130. The molecule has 15 heteroatoms. The molecule has 2 aliphatic rings. The number of benzene rings is 1. The summed E-state index contributed by atoms with van der Waals surface area (Å²) in [5.74, 6) is -2.60. The van der Waals surface area contributed by atoms with E-state index in [9.17, 15) is 24.1 Å². The van der Waals surface area contributed by atoms with Gasteiger partial charge < -0.3 is 44.7 Å². The molecule has 0 radical (unpaired) electrons. The number of morpholine rings is 1. The molecular formula is C31H47N6O8P. The van der Waals surface area contributed by atoms with E-state index < -0.39 is 49.4 Å². The van der Waals surface area contributed by atoms with Crippen LogP contribution in [-0.4, -0.2) is 102 Å². The molecule has 1 aromatic heterocycles. The fraction of sp³-hybridized carbons (Fsp3) is 0.613. The molecule has 14 nitrogen and oxygen atoms in total. The summed E-state index contributed by atoms with van der Waals surface area (Å²) in [7, 11) is -1.60. The predicted molar refractivity (Wildman–Crippen MR) is 170 cm³/mol. The Kier molecular flexibility index (Phi) is 13.6. The number of carbonyl (C=O) groups excluding carboxylic acids is 3.